The summed E-state index contributed by atoms with van der Waals surface area (Å²) in [6.07, 6.45) is 1.24. The molecule has 0 saturated heterocycles. The predicted octanol–water partition coefficient (Wildman–Crippen LogP) is -0.256. The summed E-state index contributed by atoms with van der Waals surface area (Å²) in [5, 5.41) is 13.8. The monoisotopic (exact) mass is 177 g/mol. The van der Waals surface area contributed by atoms with Crippen molar-refractivity contribution in [3.63, 3.8) is 0 Å². The first kappa shape index (κ1) is 7.60. The number of benzene rings is 1. The zero-order chi connectivity index (χ0) is 9.42. The van der Waals surface area contributed by atoms with Crippen LogP contribution in [0.15, 0.2) is 29.2 Å². The second-order valence-electron chi connectivity index (χ2n) is 2.70. The van der Waals surface area contributed by atoms with Crippen molar-refractivity contribution >= 4 is 16.5 Å². The van der Waals surface area contributed by atoms with Crippen LogP contribution in [0.3, 0.4) is 0 Å². The van der Waals surface area contributed by atoms with Gasteiger partial charge in [0, 0.05) is 5.69 Å². The number of nitrogens with zero attached hydrogens (tertiary/aromatic N) is 1. The second-order valence-corrected chi connectivity index (χ2v) is 2.70. The summed E-state index contributed by atoms with van der Waals surface area (Å²) in [5.41, 5.74) is 5.58. The van der Waals surface area contributed by atoms with Crippen LogP contribution < -0.4 is 16.1 Å². The number of hydrogen-bond acceptors (Lipinski definition) is 3. The molecule has 5 heteroatoms. The van der Waals surface area contributed by atoms with Crippen LogP contribution in [0.5, 0.6) is 0 Å². The Morgan fingerprint density at radius 3 is 2.92 bits per heavy atom. The lowest BCUT2D eigenvalue weighted by Crippen LogP contribution is -2.36. The van der Waals surface area contributed by atoms with Crippen molar-refractivity contribution in [2.45, 2.75) is 0 Å². The van der Waals surface area contributed by atoms with E-state index in [1.165, 1.54) is 6.20 Å². The largest absolute Gasteiger partial charge is 0.596 e. The highest BCUT2D eigenvalue weighted by Gasteiger charge is 2.05. The van der Waals surface area contributed by atoms with Gasteiger partial charge < -0.3 is 10.9 Å². The van der Waals surface area contributed by atoms with Crippen molar-refractivity contribution in [2.24, 2.45) is 0 Å². The number of H-pyrrole nitrogens is 1. The topological polar surface area (TPSA) is 85.8 Å². The summed E-state index contributed by atoms with van der Waals surface area (Å²) in [6.45, 7) is 0. The molecular formula is C8H7N3O2. The summed E-state index contributed by atoms with van der Waals surface area (Å²) in [4.78, 5) is 11.6. The van der Waals surface area contributed by atoms with Crippen molar-refractivity contribution in [3.8, 4) is 0 Å². The van der Waals surface area contributed by atoms with Crippen LogP contribution in [-0.4, -0.2) is 5.10 Å². The van der Waals surface area contributed by atoms with Crippen molar-refractivity contribution in [2.75, 3.05) is 5.73 Å². The van der Waals surface area contributed by atoms with Gasteiger partial charge in [-0.15, -0.1) is 5.10 Å². The third-order valence-electron chi connectivity index (χ3n) is 1.84. The molecule has 0 fully saturated rings. The number of hydrogen-bond donors (Lipinski definition) is 2. The normalized spacial score (nSPS) is 10.5. The lowest BCUT2D eigenvalue weighted by Gasteiger charge is -1.99. The van der Waals surface area contributed by atoms with E-state index in [1.807, 2.05) is 0 Å². The van der Waals surface area contributed by atoms with Crippen LogP contribution in [-0.2, 0) is 0 Å². The molecule has 1 aromatic heterocycles. The molecule has 0 radical (unpaired) electrons. The second kappa shape index (κ2) is 2.48. The molecule has 66 valence electrons. The van der Waals surface area contributed by atoms with Gasteiger partial charge in [-0.2, -0.15) is 0 Å². The Balaban J connectivity index is 3.03. The molecule has 0 atom stereocenters. The Bertz CT molecular complexity index is 518. The van der Waals surface area contributed by atoms with Crippen LogP contribution in [0.2, 0.25) is 0 Å². The Morgan fingerprint density at radius 1 is 1.38 bits per heavy atom. The fourth-order valence-electron chi connectivity index (χ4n) is 1.23. The maximum atomic E-state index is 11.2. The van der Waals surface area contributed by atoms with Gasteiger partial charge in [0.15, 0.2) is 0 Å². The first-order chi connectivity index (χ1) is 6.18. The number of aromatic amines is 1. The molecule has 0 amide bonds. The molecule has 1 aromatic carbocycles. The summed E-state index contributed by atoms with van der Waals surface area (Å²) >= 11 is 0. The van der Waals surface area contributed by atoms with Gasteiger partial charge in [0.25, 0.3) is 0 Å². The zero-order valence-corrected chi connectivity index (χ0v) is 6.65. The first-order valence-corrected chi connectivity index (χ1v) is 3.69. The molecule has 13 heavy (non-hydrogen) atoms. The van der Waals surface area contributed by atoms with Gasteiger partial charge in [0.05, 0.1) is 10.8 Å². The number of fused-ring (bicyclic) bond motifs is 1. The van der Waals surface area contributed by atoms with E-state index in [-0.39, 0.29) is 0 Å². The van der Waals surface area contributed by atoms with Crippen LogP contribution in [0, 0.1) is 5.21 Å². The van der Waals surface area contributed by atoms with E-state index in [4.69, 9.17) is 5.73 Å². The molecular weight excluding hydrogens is 170 g/mol. The van der Waals surface area contributed by atoms with Gasteiger partial charge >= 0.3 is 5.56 Å². The average molecular weight is 177 g/mol. The third kappa shape index (κ3) is 1.10. The molecule has 3 N–H and O–H groups in total. The van der Waals surface area contributed by atoms with E-state index in [0.29, 0.717) is 21.3 Å². The van der Waals surface area contributed by atoms with Crippen LogP contribution in [0.1, 0.15) is 0 Å². The maximum Gasteiger partial charge on any atom is 0.307 e. The van der Waals surface area contributed by atoms with E-state index < -0.39 is 5.56 Å². The molecule has 0 spiro atoms. The fraction of sp³-hybridized carbons (Fsp3) is 0. The minimum Gasteiger partial charge on any atom is -0.596 e. The zero-order valence-electron chi connectivity index (χ0n) is 6.65. The Morgan fingerprint density at radius 2 is 2.15 bits per heavy atom. The lowest BCUT2D eigenvalue weighted by molar-refractivity contribution is -0.669. The quantitative estimate of drug-likeness (QED) is 0.330. The van der Waals surface area contributed by atoms with Gasteiger partial charge in [-0.25, -0.2) is 0 Å². The molecule has 2 aromatic rings. The molecule has 2 rings (SSSR count). The van der Waals surface area contributed by atoms with E-state index in [1.54, 1.807) is 18.2 Å². The van der Waals surface area contributed by atoms with E-state index in [0.717, 1.165) is 0 Å². The van der Waals surface area contributed by atoms with Crippen molar-refractivity contribution in [3.05, 3.63) is 40.0 Å². The lowest BCUT2D eigenvalue weighted by atomic mass is 10.2. The molecule has 0 saturated carbocycles. The number of nitrogens with one attached hydrogen (secondary N) is 1. The smallest absolute Gasteiger partial charge is 0.307 e. The van der Waals surface area contributed by atoms with Crippen molar-refractivity contribution in [1.29, 1.82) is 0 Å². The Kier molecular flexibility index (Phi) is 1.45. The number of rotatable bonds is 0. The SMILES string of the molecule is Nc1cccc2c(=O)[nH][n+]([O-])cc12. The molecule has 0 unspecified atom stereocenters. The number of nitrogen functional groups attached to an aromatic ring is 1. The van der Waals surface area contributed by atoms with Crippen LogP contribution >= 0.6 is 0 Å². The maximum absolute atomic E-state index is 11.2. The molecule has 0 aliphatic heterocycles. The van der Waals surface area contributed by atoms with Crippen LogP contribution in [0.4, 0.5) is 5.69 Å². The van der Waals surface area contributed by atoms with E-state index in [2.05, 4.69) is 5.10 Å². The van der Waals surface area contributed by atoms with Crippen molar-refractivity contribution < 1.29 is 4.85 Å². The number of anilines is 1. The van der Waals surface area contributed by atoms with Gasteiger partial charge in [0.1, 0.15) is 0 Å². The van der Waals surface area contributed by atoms with Gasteiger partial charge in [-0.1, -0.05) is 10.9 Å². The highest BCUT2D eigenvalue weighted by Crippen LogP contribution is 2.14. The predicted molar refractivity (Wildman–Crippen MR) is 47.9 cm³/mol. The fourth-order valence-corrected chi connectivity index (χ4v) is 1.23. The molecule has 1 heterocycles. The average Bonchev–Trinajstić information content (AvgIpc) is 2.07. The van der Waals surface area contributed by atoms with Gasteiger partial charge in [0.2, 0.25) is 6.20 Å². The highest BCUT2D eigenvalue weighted by molar-refractivity contribution is 5.90. The standard InChI is InChI=1S/C8H7N3O2/c9-7-3-1-2-5-6(7)4-11(13)10-8(5)12/h1-4H,9H2,(H,10,12). The summed E-state index contributed by atoms with van der Waals surface area (Å²) in [5.74, 6) is 0. The molecule has 0 aliphatic rings. The Labute approximate surface area is 73.0 Å². The molecule has 0 bridgehead atoms. The van der Waals surface area contributed by atoms with Crippen LogP contribution in [0.25, 0.3) is 10.8 Å². The van der Waals surface area contributed by atoms with Crippen molar-refractivity contribution in [1.82, 2.24) is 5.10 Å². The number of nitrogens with two attached hydrogens (primary N) is 1. The molecule has 0 aliphatic carbocycles. The Hall–Kier alpha value is -2.04. The van der Waals surface area contributed by atoms with E-state index >= 15 is 0 Å². The number of aromatic nitrogens is 2. The van der Waals surface area contributed by atoms with Gasteiger partial charge in [-0.3, -0.25) is 4.79 Å². The molecule has 5 nitrogen and oxygen atoms in total. The van der Waals surface area contributed by atoms with Gasteiger partial charge in [-0.05, 0) is 12.1 Å². The summed E-state index contributed by atoms with van der Waals surface area (Å²) in [7, 11) is 0. The summed E-state index contributed by atoms with van der Waals surface area (Å²) < 4.78 is 0. The van der Waals surface area contributed by atoms with E-state index in [9.17, 15) is 10.0 Å². The first-order valence-electron chi connectivity index (χ1n) is 3.69. The third-order valence-corrected chi connectivity index (χ3v) is 1.84. The summed E-state index contributed by atoms with van der Waals surface area (Å²) in [6, 6.07) is 4.92. The minimum absolute atomic E-state index is 0.348. The minimum atomic E-state index is -0.431. The highest BCUT2D eigenvalue weighted by atomic mass is 16.5.